The molecule has 170 valence electrons. The average Bonchev–Trinajstić information content (AvgIpc) is 2.82. The van der Waals surface area contributed by atoms with Crippen molar-refractivity contribution in [2.75, 3.05) is 0 Å². The molecule has 0 unspecified atom stereocenters. The first kappa shape index (κ1) is 23.1. The first-order chi connectivity index (χ1) is 16.4. The molecule has 0 spiro atoms. The third kappa shape index (κ3) is 6.01. The van der Waals surface area contributed by atoms with Gasteiger partial charge in [0.15, 0.2) is 5.78 Å². The Morgan fingerprint density at radius 1 is 0.794 bits per heavy atom. The predicted octanol–water partition coefficient (Wildman–Crippen LogP) is 8.09. The lowest BCUT2D eigenvalue weighted by Crippen LogP contribution is -2.32. The molecule has 1 aliphatic carbocycles. The molecule has 34 heavy (non-hydrogen) atoms. The van der Waals surface area contributed by atoms with E-state index in [1.165, 1.54) is 0 Å². The zero-order valence-electron chi connectivity index (χ0n) is 19.3. The number of hydrogen-bond acceptors (Lipinski definition) is 5. The summed E-state index contributed by atoms with van der Waals surface area (Å²) in [6.45, 7) is 4.09. The highest BCUT2D eigenvalue weighted by molar-refractivity contribution is 6.25. The molecule has 5 heteroatoms. The van der Waals surface area contributed by atoms with Crippen molar-refractivity contribution in [2.45, 2.75) is 26.7 Å². The molecule has 1 aliphatic rings. The topological polar surface area (TPSA) is 74.4 Å². The number of benzene rings is 3. The lowest BCUT2D eigenvalue weighted by molar-refractivity contribution is -0.117. The summed E-state index contributed by atoms with van der Waals surface area (Å²) in [5.41, 5.74) is 3.77. The third-order valence-electron chi connectivity index (χ3n) is 5.49. The van der Waals surface area contributed by atoms with Crippen LogP contribution in [-0.4, -0.2) is 16.6 Å². The molecule has 0 heterocycles. The highest BCUT2D eigenvalue weighted by atomic mass is 16.3. The van der Waals surface area contributed by atoms with E-state index in [-0.39, 0.29) is 17.0 Å². The van der Waals surface area contributed by atoms with Crippen LogP contribution >= 0.6 is 0 Å². The number of carbonyl (C=O) groups is 1. The van der Waals surface area contributed by atoms with E-state index in [0.29, 0.717) is 35.5 Å². The Hall–Kier alpha value is -4.12. The van der Waals surface area contributed by atoms with Gasteiger partial charge in [-0.25, -0.2) is 0 Å². The molecule has 3 aromatic rings. The Bertz CT molecular complexity index is 1270. The lowest BCUT2D eigenvalue weighted by Gasteiger charge is -2.31. The highest BCUT2D eigenvalue weighted by Gasteiger charge is 2.36. The zero-order valence-corrected chi connectivity index (χ0v) is 19.3. The Morgan fingerprint density at radius 2 is 1.35 bits per heavy atom. The molecule has 0 bridgehead atoms. The summed E-state index contributed by atoms with van der Waals surface area (Å²) in [5.74, 6) is -0.158. The number of allylic oxidation sites excluding steroid dienone is 2. The monoisotopic (exact) mass is 449 g/mol. The summed E-state index contributed by atoms with van der Waals surface area (Å²) >= 11 is 0. The molecule has 1 N–H and O–H groups in total. The van der Waals surface area contributed by atoms with Gasteiger partial charge < -0.3 is 5.11 Å². The van der Waals surface area contributed by atoms with Gasteiger partial charge in [0.1, 0.15) is 5.76 Å². The molecular weight excluding hydrogens is 422 g/mol. The first-order valence-electron chi connectivity index (χ1n) is 11.2. The van der Waals surface area contributed by atoms with E-state index in [4.69, 9.17) is 4.99 Å². The Morgan fingerprint density at radius 3 is 2.00 bits per heavy atom. The zero-order chi connectivity index (χ0) is 24.0. The predicted molar refractivity (Wildman–Crippen MR) is 137 cm³/mol. The van der Waals surface area contributed by atoms with Crippen molar-refractivity contribution in [1.82, 2.24) is 0 Å². The molecule has 0 atom stereocenters. The van der Waals surface area contributed by atoms with E-state index >= 15 is 0 Å². The molecule has 5 nitrogen and oxygen atoms in total. The average molecular weight is 450 g/mol. The first-order valence-corrected chi connectivity index (χ1v) is 11.2. The van der Waals surface area contributed by atoms with Gasteiger partial charge in [-0.3, -0.25) is 9.79 Å². The van der Waals surface area contributed by atoms with Crippen LogP contribution in [0.4, 0.5) is 17.1 Å². The normalized spacial score (nSPS) is 18.6. The SMILES string of the molecule is CC1(C)CC(=O)/C(=C(/O)C=Cc2ccccc2)C(=Nc2ccc(N=Nc3ccccc3)cc2)C1. The van der Waals surface area contributed by atoms with Gasteiger partial charge in [-0.1, -0.05) is 68.5 Å². The van der Waals surface area contributed by atoms with Gasteiger partial charge >= 0.3 is 0 Å². The number of carbonyl (C=O) groups excluding carboxylic acids is 1. The van der Waals surface area contributed by atoms with Crippen LogP contribution in [0, 0.1) is 5.41 Å². The maximum atomic E-state index is 13.0. The molecule has 0 aliphatic heterocycles. The largest absolute Gasteiger partial charge is 0.507 e. The fourth-order valence-corrected chi connectivity index (χ4v) is 3.86. The van der Waals surface area contributed by atoms with Crippen molar-refractivity contribution in [3.63, 3.8) is 0 Å². The van der Waals surface area contributed by atoms with Gasteiger partial charge in [0.05, 0.1) is 28.3 Å². The molecule has 1 saturated carbocycles. The minimum atomic E-state index is -0.229. The lowest BCUT2D eigenvalue weighted by atomic mass is 9.73. The highest BCUT2D eigenvalue weighted by Crippen LogP contribution is 2.36. The molecular formula is C29H27N3O2. The minimum absolute atomic E-state index is 0.0589. The van der Waals surface area contributed by atoms with E-state index in [9.17, 15) is 9.90 Å². The summed E-state index contributed by atoms with van der Waals surface area (Å²) in [6, 6.07) is 26.5. The number of rotatable bonds is 5. The van der Waals surface area contributed by atoms with E-state index < -0.39 is 0 Å². The second-order valence-corrected chi connectivity index (χ2v) is 9.06. The van der Waals surface area contributed by atoms with Gasteiger partial charge in [-0.15, -0.1) is 0 Å². The third-order valence-corrected chi connectivity index (χ3v) is 5.49. The standard InChI is InChI=1S/C29H27N3O2/c1-29(2)19-25(28(27(34)20-29)26(33)18-13-21-9-5-3-6-10-21)30-22-14-16-24(17-15-22)32-31-23-11-7-4-8-12-23/h3-18,33H,19-20H2,1-2H3/b18-13?,28-26+,30-25?,32-31?. The molecule has 4 rings (SSSR count). The van der Waals surface area contributed by atoms with Gasteiger partial charge in [0, 0.05) is 6.42 Å². The summed E-state index contributed by atoms with van der Waals surface area (Å²) in [6.07, 6.45) is 4.32. The molecule has 3 aromatic carbocycles. The van der Waals surface area contributed by atoms with E-state index in [1.807, 2.05) is 98.8 Å². The van der Waals surface area contributed by atoms with Crippen LogP contribution in [0.5, 0.6) is 0 Å². The van der Waals surface area contributed by atoms with Gasteiger partial charge in [-0.05, 0) is 59.9 Å². The molecule has 0 saturated heterocycles. The number of azo groups is 1. The van der Waals surface area contributed by atoms with Crippen LogP contribution in [0.25, 0.3) is 6.08 Å². The summed E-state index contributed by atoms with van der Waals surface area (Å²) in [7, 11) is 0. The second-order valence-electron chi connectivity index (χ2n) is 9.06. The maximum Gasteiger partial charge on any atom is 0.168 e. The summed E-state index contributed by atoms with van der Waals surface area (Å²) in [5, 5.41) is 19.3. The van der Waals surface area contributed by atoms with Crippen LogP contribution in [-0.2, 0) is 4.79 Å². The Kier molecular flexibility index (Phi) is 6.93. The fourth-order valence-electron chi connectivity index (χ4n) is 3.86. The van der Waals surface area contributed by atoms with E-state index in [0.717, 1.165) is 11.3 Å². The number of hydrogen-bond donors (Lipinski definition) is 1. The number of ketones is 1. The Labute approximate surface area is 199 Å². The fraction of sp³-hybridized carbons (Fsp3) is 0.172. The van der Waals surface area contributed by atoms with E-state index in [2.05, 4.69) is 10.2 Å². The number of aliphatic hydroxyl groups is 1. The van der Waals surface area contributed by atoms with Gasteiger partial charge in [-0.2, -0.15) is 10.2 Å². The number of aliphatic imine (C=N–C) groups is 1. The number of aliphatic hydroxyl groups excluding tert-OH is 1. The quantitative estimate of drug-likeness (QED) is 0.243. The van der Waals surface area contributed by atoms with Crippen molar-refractivity contribution in [3.05, 3.63) is 108 Å². The van der Waals surface area contributed by atoms with Crippen molar-refractivity contribution in [3.8, 4) is 0 Å². The second kappa shape index (κ2) is 10.2. The smallest absolute Gasteiger partial charge is 0.168 e. The van der Waals surface area contributed by atoms with Crippen LogP contribution in [0.2, 0.25) is 0 Å². The molecule has 1 fully saturated rings. The van der Waals surface area contributed by atoms with Crippen molar-refractivity contribution < 1.29 is 9.90 Å². The molecule has 0 aromatic heterocycles. The van der Waals surface area contributed by atoms with Crippen molar-refractivity contribution >= 4 is 34.6 Å². The molecule has 0 radical (unpaired) electrons. The minimum Gasteiger partial charge on any atom is -0.507 e. The van der Waals surface area contributed by atoms with Crippen LogP contribution < -0.4 is 0 Å². The van der Waals surface area contributed by atoms with Gasteiger partial charge in [0.2, 0.25) is 0 Å². The van der Waals surface area contributed by atoms with Crippen LogP contribution in [0.1, 0.15) is 32.3 Å². The number of nitrogens with zero attached hydrogens (tertiary/aromatic N) is 3. The number of Topliss-reactive ketones (excluding diaryl/α,β-unsaturated/α-hetero) is 1. The van der Waals surface area contributed by atoms with Gasteiger partial charge in [0.25, 0.3) is 0 Å². The van der Waals surface area contributed by atoms with E-state index in [1.54, 1.807) is 12.2 Å². The summed E-state index contributed by atoms with van der Waals surface area (Å²) in [4.78, 5) is 17.7. The summed E-state index contributed by atoms with van der Waals surface area (Å²) < 4.78 is 0. The van der Waals surface area contributed by atoms with Crippen LogP contribution in [0.3, 0.4) is 0 Å². The van der Waals surface area contributed by atoms with Crippen LogP contribution in [0.15, 0.2) is 118 Å². The molecule has 0 amide bonds. The van der Waals surface area contributed by atoms with Crippen molar-refractivity contribution in [2.24, 2.45) is 20.6 Å². The van der Waals surface area contributed by atoms with Crippen molar-refractivity contribution in [1.29, 1.82) is 0 Å². The maximum absolute atomic E-state index is 13.0. The Balaban J connectivity index is 1.62.